The number of hydrogen-bond acceptors (Lipinski definition) is 3. The summed E-state index contributed by atoms with van der Waals surface area (Å²) in [5.74, 6) is -1.06. The van der Waals surface area contributed by atoms with Crippen LogP contribution in [0.3, 0.4) is 0 Å². The molecule has 82 valence electrons. The van der Waals surface area contributed by atoms with Gasteiger partial charge in [-0.3, -0.25) is 14.9 Å². The number of nitro groups is 1. The van der Waals surface area contributed by atoms with Crippen LogP contribution in [0.15, 0.2) is 12.1 Å². The van der Waals surface area contributed by atoms with E-state index in [2.05, 4.69) is 0 Å². The first kappa shape index (κ1) is 13.5. The van der Waals surface area contributed by atoms with Gasteiger partial charge in [-0.2, -0.15) is 4.39 Å². The minimum absolute atomic E-state index is 0.102. The van der Waals surface area contributed by atoms with Crippen LogP contribution in [0.2, 0.25) is 5.02 Å². The van der Waals surface area contributed by atoms with Gasteiger partial charge in [-0.05, 0) is 0 Å². The van der Waals surface area contributed by atoms with Crippen molar-refractivity contribution in [2.45, 2.75) is 13.8 Å². The molecule has 0 fully saturated rings. The molecule has 0 radical (unpaired) electrons. The van der Waals surface area contributed by atoms with Crippen molar-refractivity contribution in [1.29, 1.82) is 0 Å². The van der Waals surface area contributed by atoms with Crippen molar-refractivity contribution in [3.8, 4) is 0 Å². The van der Waals surface area contributed by atoms with Crippen LogP contribution in [0.5, 0.6) is 0 Å². The van der Waals surface area contributed by atoms with Gasteiger partial charge in [0.1, 0.15) is 0 Å². The highest BCUT2D eigenvalue weighted by Crippen LogP contribution is 2.24. The number of rotatable bonds is 2. The highest BCUT2D eigenvalue weighted by Gasteiger charge is 2.16. The van der Waals surface area contributed by atoms with Crippen LogP contribution in [-0.4, -0.2) is 11.2 Å². The summed E-state index contributed by atoms with van der Waals surface area (Å²) in [5, 5.41) is 10.1. The molecule has 15 heavy (non-hydrogen) atoms. The van der Waals surface area contributed by atoms with Gasteiger partial charge >= 0.3 is 5.69 Å². The summed E-state index contributed by atoms with van der Waals surface area (Å²) in [4.78, 5) is 19.6. The van der Waals surface area contributed by atoms with Crippen LogP contribution in [0.4, 0.5) is 10.1 Å². The number of carbonyl (C=O) groups is 1. The van der Waals surface area contributed by atoms with Gasteiger partial charge in [-0.25, -0.2) is 0 Å². The van der Waals surface area contributed by atoms with Crippen LogP contribution >= 0.6 is 11.6 Å². The van der Waals surface area contributed by atoms with Crippen LogP contribution in [0.1, 0.15) is 24.2 Å². The van der Waals surface area contributed by atoms with Gasteiger partial charge in [0, 0.05) is 17.7 Å². The average Bonchev–Trinajstić information content (AvgIpc) is 2.20. The fourth-order valence-corrected chi connectivity index (χ4v) is 0.979. The van der Waals surface area contributed by atoms with Gasteiger partial charge in [0.2, 0.25) is 5.82 Å². The number of aldehydes is 1. The molecule has 0 saturated heterocycles. The maximum Gasteiger partial charge on any atom is 0.305 e. The Hall–Kier alpha value is -1.49. The SMILES string of the molecule is CC.O=Cc1cc([N+](=O)[O-])c(F)cc1Cl. The molecule has 4 nitrogen and oxygen atoms in total. The fraction of sp³-hybridized carbons (Fsp3) is 0.222. The Balaban J connectivity index is 0.000000921. The zero-order valence-corrected chi connectivity index (χ0v) is 8.92. The molecule has 0 aromatic heterocycles. The van der Waals surface area contributed by atoms with E-state index in [0.717, 1.165) is 12.1 Å². The van der Waals surface area contributed by atoms with Crippen LogP contribution < -0.4 is 0 Å². The maximum atomic E-state index is 12.8. The Morgan fingerprint density at radius 3 is 2.40 bits per heavy atom. The summed E-state index contributed by atoms with van der Waals surface area (Å²) in [7, 11) is 0. The lowest BCUT2D eigenvalue weighted by Crippen LogP contribution is -1.94. The zero-order chi connectivity index (χ0) is 12.0. The molecule has 0 amide bonds. The molecule has 0 saturated carbocycles. The monoisotopic (exact) mass is 233 g/mol. The first-order valence-electron chi connectivity index (χ1n) is 4.15. The van der Waals surface area contributed by atoms with Gasteiger partial charge in [0.05, 0.1) is 9.95 Å². The summed E-state index contributed by atoms with van der Waals surface area (Å²) in [6.45, 7) is 4.00. The van der Waals surface area contributed by atoms with E-state index in [-0.39, 0.29) is 10.6 Å². The Kier molecular flexibility index (Phi) is 5.48. The molecule has 0 bridgehead atoms. The number of hydrogen-bond donors (Lipinski definition) is 0. The van der Waals surface area contributed by atoms with Gasteiger partial charge in [-0.1, -0.05) is 25.4 Å². The Morgan fingerprint density at radius 1 is 1.47 bits per heavy atom. The van der Waals surface area contributed by atoms with E-state index in [9.17, 15) is 19.3 Å². The summed E-state index contributed by atoms with van der Waals surface area (Å²) in [6.07, 6.45) is 0.328. The van der Waals surface area contributed by atoms with E-state index in [1.165, 1.54) is 0 Å². The second-order valence-corrected chi connectivity index (χ2v) is 2.61. The standard InChI is InChI=1S/C7H3ClFNO3.C2H6/c8-5-2-6(9)7(10(12)13)1-4(5)3-11;1-2/h1-3H;1-2H3. The normalized spacial score (nSPS) is 8.80. The number of nitrogens with zero attached hydrogens (tertiary/aromatic N) is 1. The van der Waals surface area contributed by atoms with Crippen molar-refractivity contribution >= 4 is 23.6 Å². The first-order valence-corrected chi connectivity index (χ1v) is 4.52. The molecule has 0 unspecified atom stereocenters. The minimum Gasteiger partial charge on any atom is -0.298 e. The molecule has 0 spiro atoms. The van der Waals surface area contributed by atoms with E-state index < -0.39 is 16.4 Å². The van der Waals surface area contributed by atoms with E-state index in [4.69, 9.17) is 11.6 Å². The van der Waals surface area contributed by atoms with Crippen molar-refractivity contribution in [3.63, 3.8) is 0 Å². The third kappa shape index (κ3) is 3.28. The second kappa shape index (κ2) is 6.08. The lowest BCUT2D eigenvalue weighted by atomic mass is 10.2. The maximum absolute atomic E-state index is 12.8. The van der Waals surface area contributed by atoms with Crippen LogP contribution in [-0.2, 0) is 0 Å². The predicted molar refractivity (Wildman–Crippen MR) is 54.8 cm³/mol. The third-order valence-corrected chi connectivity index (χ3v) is 1.72. The molecule has 1 rings (SSSR count). The summed E-state index contributed by atoms with van der Waals surface area (Å²) in [6, 6.07) is 1.54. The van der Waals surface area contributed by atoms with Crippen molar-refractivity contribution in [2.24, 2.45) is 0 Å². The minimum atomic E-state index is -1.06. The Labute approximate surface area is 90.8 Å². The van der Waals surface area contributed by atoms with Gasteiger partial charge in [0.25, 0.3) is 0 Å². The molecule has 0 aliphatic rings. The second-order valence-electron chi connectivity index (χ2n) is 2.20. The summed E-state index contributed by atoms with van der Waals surface area (Å²) >= 11 is 5.41. The van der Waals surface area contributed by atoms with Crippen molar-refractivity contribution in [2.75, 3.05) is 0 Å². The number of halogens is 2. The topological polar surface area (TPSA) is 60.2 Å². The first-order chi connectivity index (χ1) is 7.06. The molecule has 1 aromatic rings. The molecule has 0 N–H and O–H groups in total. The van der Waals surface area contributed by atoms with Gasteiger partial charge in [0.15, 0.2) is 6.29 Å². The number of benzene rings is 1. The quantitative estimate of drug-likeness (QED) is 0.448. The number of nitro benzene ring substituents is 1. The summed E-state index contributed by atoms with van der Waals surface area (Å²) < 4.78 is 12.8. The molecular weight excluding hydrogens is 225 g/mol. The van der Waals surface area contributed by atoms with E-state index in [1.54, 1.807) is 0 Å². The van der Waals surface area contributed by atoms with E-state index >= 15 is 0 Å². The molecule has 0 aliphatic heterocycles. The third-order valence-electron chi connectivity index (χ3n) is 1.39. The predicted octanol–water partition coefficient (Wildman–Crippen LogP) is 3.23. The average molecular weight is 234 g/mol. The lowest BCUT2D eigenvalue weighted by molar-refractivity contribution is -0.387. The van der Waals surface area contributed by atoms with Crippen molar-refractivity contribution < 1.29 is 14.1 Å². The van der Waals surface area contributed by atoms with E-state index in [0.29, 0.717) is 6.29 Å². The van der Waals surface area contributed by atoms with Crippen molar-refractivity contribution in [3.05, 3.63) is 38.7 Å². The fourth-order valence-electron chi connectivity index (χ4n) is 0.784. The lowest BCUT2D eigenvalue weighted by Gasteiger charge is -1.97. The molecule has 0 atom stereocenters. The van der Waals surface area contributed by atoms with Crippen molar-refractivity contribution in [1.82, 2.24) is 0 Å². The van der Waals surface area contributed by atoms with Gasteiger partial charge in [-0.15, -0.1) is 0 Å². The Morgan fingerprint density at radius 2 is 2.00 bits per heavy atom. The largest absolute Gasteiger partial charge is 0.305 e. The summed E-state index contributed by atoms with van der Waals surface area (Å²) in [5.41, 5.74) is -0.860. The Bertz CT molecular complexity index is 382. The van der Waals surface area contributed by atoms with E-state index in [1.807, 2.05) is 13.8 Å². The molecule has 0 heterocycles. The smallest absolute Gasteiger partial charge is 0.298 e. The molecule has 6 heteroatoms. The molecule has 0 aliphatic carbocycles. The van der Waals surface area contributed by atoms with Gasteiger partial charge < -0.3 is 0 Å². The molecular formula is C9H9ClFNO3. The highest BCUT2D eigenvalue weighted by molar-refractivity contribution is 6.33. The zero-order valence-electron chi connectivity index (χ0n) is 8.16. The van der Waals surface area contributed by atoms with Crippen LogP contribution in [0.25, 0.3) is 0 Å². The number of carbonyl (C=O) groups excluding carboxylic acids is 1. The molecule has 1 aromatic carbocycles. The highest BCUT2D eigenvalue weighted by atomic mass is 35.5. The van der Waals surface area contributed by atoms with Crippen LogP contribution in [0, 0.1) is 15.9 Å².